The number of nitrogen functional groups attached to an aromatic ring is 1. The largest absolute Gasteiger partial charge is 0.368 e. The molecule has 0 unspecified atom stereocenters. The van der Waals surface area contributed by atoms with Gasteiger partial charge in [-0.2, -0.15) is 4.98 Å². The van der Waals surface area contributed by atoms with Crippen molar-refractivity contribution < 1.29 is 0 Å². The molecular weight excluding hydrogens is 248 g/mol. The Morgan fingerprint density at radius 3 is 2.88 bits per heavy atom. The smallest absolute Gasteiger partial charge is 0.223 e. The van der Waals surface area contributed by atoms with Gasteiger partial charge >= 0.3 is 0 Å². The fraction of sp³-hybridized carbons (Fsp3) is 0.250. The summed E-state index contributed by atoms with van der Waals surface area (Å²) < 4.78 is 0. The molecule has 0 fully saturated rings. The van der Waals surface area contributed by atoms with Crippen LogP contribution in [0.1, 0.15) is 10.0 Å². The number of aryl methyl sites for hydroxylation is 1. The Morgan fingerprint density at radius 2 is 2.25 bits per heavy atom. The summed E-state index contributed by atoms with van der Waals surface area (Å²) in [5.74, 6) is 0.716. The maximum absolute atomic E-state index is 5.74. The first-order valence-corrected chi connectivity index (χ1v) is 5.66. The van der Waals surface area contributed by atoms with Gasteiger partial charge in [0.1, 0.15) is 21.0 Å². The highest BCUT2D eigenvalue weighted by atomic mass is 35.5. The van der Waals surface area contributed by atoms with E-state index in [0.29, 0.717) is 17.5 Å². The molecule has 0 aliphatic rings. The van der Waals surface area contributed by atoms with Gasteiger partial charge in [-0.3, -0.25) is 0 Å². The van der Waals surface area contributed by atoms with Crippen molar-refractivity contribution in [3.05, 3.63) is 21.2 Å². The molecule has 2 rings (SSSR count). The van der Waals surface area contributed by atoms with E-state index < -0.39 is 0 Å². The quantitative estimate of drug-likeness (QED) is 0.809. The van der Waals surface area contributed by atoms with Crippen LogP contribution in [-0.2, 0) is 6.54 Å². The maximum atomic E-state index is 5.74. The van der Waals surface area contributed by atoms with E-state index in [1.807, 2.05) is 6.92 Å². The first-order valence-electron chi connectivity index (χ1n) is 4.46. The lowest BCUT2D eigenvalue weighted by Gasteiger charge is -2.03. The zero-order valence-electron chi connectivity index (χ0n) is 8.44. The molecule has 8 heteroatoms. The summed E-state index contributed by atoms with van der Waals surface area (Å²) in [4.78, 5) is 7.74. The molecule has 2 heterocycles. The molecule has 2 aromatic heterocycles. The van der Waals surface area contributed by atoms with E-state index in [0.717, 1.165) is 10.0 Å². The third-order valence-corrected chi connectivity index (χ3v) is 2.73. The van der Waals surface area contributed by atoms with Crippen molar-refractivity contribution >= 4 is 34.7 Å². The van der Waals surface area contributed by atoms with Crippen molar-refractivity contribution in [2.75, 3.05) is 11.1 Å². The van der Waals surface area contributed by atoms with Crippen LogP contribution in [0.4, 0.5) is 11.8 Å². The van der Waals surface area contributed by atoms with Crippen LogP contribution in [0.25, 0.3) is 0 Å². The van der Waals surface area contributed by atoms with E-state index in [1.54, 1.807) is 6.07 Å². The fourth-order valence-electron chi connectivity index (χ4n) is 1.10. The molecule has 0 bridgehead atoms. The number of anilines is 2. The van der Waals surface area contributed by atoms with Gasteiger partial charge in [0.25, 0.3) is 0 Å². The van der Waals surface area contributed by atoms with Gasteiger partial charge in [-0.05, 0) is 6.92 Å². The van der Waals surface area contributed by atoms with Crippen molar-refractivity contribution in [2.45, 2.75) is 13.5 Å². The predicted octanol–water partition coefficient (Wildman–Crippen LogP) is 1.48. The summed E-state index contributed by atoms with van der Waals surface area (Å²) in [6.45, 7) is 2.44. The van der Waals surface area contributed by atoms with E-state index in [1.165, 1.54) is 11.3 Å². The SMILES string of the molecule is Cc1nnc(CNc2cc(Cl)nc(N)n2)s1. The zero-order chi connectivity index (χ0) is 11.5. The maximum Gasteiger partial charge on any atom is 0.223 e. The van der Waals surface area contributed by atoms with Gasteiger partial charge in [0, 0.05) is 6.07 Å². The van der Waals surface area contributed by atoms with E-state index in [2.05, 4.69) is 25.5 Å². The molecule has 84 valence electrons. The van der Waals surface area contributed by atoms with E-state index >= 15 is 0 Å². The van der Waals surface area contributed by atoms with Crippen molar-refractivity contribution in [1.82, 2.24) is 20.2 Å². The number of rotatable bonds is 3. The van der Waals surface area contributed by atoms with Gasteiger partial charge in [0.15, 0.2) is 0 Å². The minimum absolute atomic E-state index is 0.142. The number of nitrogens with two attached hydrogens (primary N) is 1. The Morgan fingerprint density at radius 1 is 1.44 bits per heavy atom. The minimum Gasteiger partial charge on any atom is -0.368 e. The second-order valence-electron chi connectivity index (χ2n) is 3.00. The molecule has 0 radical (unpaired) electrons. The molecule has 0 spiro atoms. The van der Waals surface area contributed by atoms with Crippen LogP contribution in [0.15, 0.2) is 6.07 Å². The summed E-state index contributed by atoms with van der Waals surface area (Å²) in [5.41, 5.74) is 5.46. The number of halogens is 1. The number of nitrogens with one attached hydrogen (secondary N) is 1. The van der Waals surface area contributed by atoms with E-state index in [-0.39, 0.29) is 5.95 Å². The number of nitrogens with zero attached hydrogens (tertiary/aromatic N) is 4. The molecular formula is C8H9ClN6S. The fourth-order valence-corrected chi connectivity index (χ4v) is 1.94. The lowest BCUT2D eigenvalue weighted by atomic mass is 10.5. The predicted molar refractivity (Wildman–Crippen MR) is 63.4 cm³/mol. The lowest BCUT2D eigenvalue weighted by Crippen LogP contribution is -2.04. The highest BCUT2D eigenvalue weighted by Gasteiger charge is 2.03. The van der Waals surface area contributed by atoms with E-state index in [4.69, 9.17) is 17.3 Å². The third kappa shape index (κ3) is 2.77. The van der Waals surface area contributed by atoms with Crippen molar-refractivity contribution in [1.29, 1.82) is 0 Å². The summed E-state index contributed by atoms with van der Waals surface area (Å²) in [7, 11) is 0. The van der Waals surface area contributed by atoms with Crippen molar-refractivity contribution in [2.24, 2.45) is 0 Å². The molecule has 0 aliphatic carbocycles. The van der Waals surface area contributed by atoms with Gasteiger partial charge in [0.2, 0.25) is 5.95 Å². The zero-order valence-corrected chi connectivity index (χ0v) is 10.0. The summed E-state index contributed by atoms with van der Waals surface area (Å²) in [6, 6.07) is 1.60. The van der Waals surface area contributed by atoms with Gasteiger partial charge in [-0.15, -0.1) is 10.2 Å². The number of aromatic nitrogens is 4. The topological polar surface area (TPSA) is 89.6 Å². The third-order valence-electron chi connectivity index (χ3n) is 1.70. The van der Waals surface area contributed by atoms with Crippen LogP contribution in [-0.4, -0.2) is 20.2 Å². The Labute approximate surface area is 101 Å². The van der Waals surface area contributed by atoms with Crippen LogP contribution in [0.3, 0.4) is 0 Å². The highest BCUT2D eigenvalue weighted by molar-refractivity contribution is 7.11. The second kappa shape index (κ2) is 4.58. The summed E-state index contributed by atoms with van der Waals surface area (Å²) in [5, 5.41) is 13.0. The first-order chi connectivity index (χ1) is 7.63. The van der Waals surface area contributed by atoms with Crippen LogP contribution < -0.4 is 11.1 Å². The second-order valence-corrected chi connectivity index (χ2v) is 4.66. The normalized spacial score (nSPS) is 10.4. The van der Waals surface area contributed by atoms with Crippen LogP contribution in [0, 0.1) is 6.92 Å². The number of hydrogen-bond acceptors (Lipinski definition) is 7. The lowest BCUT2D eigenvalue weighted by molar-refractivity contribution is 0.964. The van der Waals surface area contributed by atoms with Gasteiger partial charge in [-0.1, -0.05) is 22.9 Å². The molecule has 6 nitrogen and oxygen atoms in total. The molecule has 16 heavy (non-hydrogen) atoms. The van der Waals surface area contributed by atoms with Crippen molar-refractivity contribution in [3.8, 4) is 0 Å². The Bertz CT molecular complexity index is 479. The van der Waals surface area contributed by atoms with E-state index in [9.17, 15) is 0 Å². The molecule has 0 atom stereocenters. The van der Waals surface area contributed by atoms with Gasteiger partial charge in [-0.25, -0.2) is 4.98 Å². The molecule has 0 aromatic carbocycles. The Hall–Kier alpha value is -1.47. The first kappa shape index (κ1) is 11.0. The molecule has 0 amide bonds. The minimum atomic E-state index is 0.142. The average molecular weight is 257 g/mol. The Balaban J connectivity index is 2.04. The van der Waals surface area contributed by atoms with Crippen LogP contribution in [0.5, 0.6) is 0 Å². The summed E-state index contributed by atoms with van der Waals surface area (Å²) >= 11 is 7.26. The standard InChI is InChI=1S/C8H9ClN6S/c1-4-14-15-7(16-4)3-11-6-2-5(9)12-8(10)13-6/h2H,3H2,1H3,(H3,10,11,12,13). The van der Waals surface area contributed by atoms with Gasteiger partial charge in [0.05, 0.1) is 6.54 Å². The molecule has 0 aliphatic heterocycles. The van der Waals surface area contributed by atoms with Crippen LogP contribution >= 0.6 is 22.9 Å². The number of hydrogen-bond donors (Lipinski definition) is 2. The van der Waals surface area contributed by atoms with Crippen LogP contribution in [0.2, 0.25) is 5.15 Å². The molecule has 0 saturated carbocycles. The monoisotopic (exact) mass is 256 g/mol. The van der Waals surface area contributed by atoms with Gasteiger partial charge < -0.3 is 11.1 Å². The molecule has 2 aromatic rings. The summed E-state index contributed by atoms with van der Waals surface area (Å²) in [6.07, 6.45) is 0. The average Bonchev–Trinajstić information content (AvgIpc) is 2.60. The molecule has 0 saturated heterocycles. The Kier molecular flexibility index (Phi) is 3.16. The van der Waals surface area contributed by atoms with Crippen molar-refractivity contribution in [3.63, 3.8) is 0 Å². The highest BCUT2D eigenvalue weighted by Crippen LogP contribution is 2.14. The molecule has 3 N–H and O–H groups in total.